The van der Waals surface area contributed by atoms with Crippen molar-refractivity contribution >= 4 is 11.8 Å². The van der Waals surface area contributed by atoms with Crippen molar-refractivity contribution in [1.82, 2.24) is 4.90 Å². The van der Waals surface area contributed by atoms with Gasteiger partial charge in [0, 0.05) is 38.5 Å². The highest BCUT2D eigenvalue weighted by Gasteiger charge is 2.08. The number of thioether (sulfide) groups is 1. The molecule has 0 bridgehead atoms. The van der Waals surface area contributed by atoms with Gasteiger partial charge in [0.05, 0.1) is 0 Å². The average Bonchev–Trinajstić information content (AvgIpc) is 2.23. The molecule has 0 aromatic carbocycles. The Morgan fingerprint density at radius 3 is 2.20 bits per heavy atom. The molecule has 0 aliphatic rings. The van der Waals surface area contributed by atoms with E-state index >= 15 is 0 Å². The smallest absolute Gasteiger partial charge is 0.158 e. The molecule has 0 heterocycles. The van der Waals surface area contributed by atoms with E-state index in [2.05, 4.69) is 18.2 Å². The summed E-state index contributed by atoms with van der Waals surface area (Å²) in [7, 11) is 2.14. The first-order valence-corrected chi connectivity index (χ1v) is 7.04. The van der Waals surface area contributed by atoms with Gasteiger partial charge in [0.2, 0.25) is 0 Å². The third-order valence-corrected chi connectivity index (χ3v) is 2.72. The summed E-state index contributed by atoms with van der Waals surface area (Å²) < 4.78 is 11.0. The molecule has 0 saturated carbocycles. The van der Waals surface area contributed by atoms with Crippen LogP contribution in [0.5, 0.6) is 0 Å². The maximum absolute atomic E-state index is 5.48. The van der Waals surface area contributed by atoms with E-state index in [0.717, 1.165) is 32.7 Å². The summed E-state index contributed by atoms with van der Waals surface area (Å²) in [6, 6.07) is 0. The standard InChI is InChI=1S/C11H25NO2S/c1-5-13-11(14-6-2)7-8-12(3)9-10-15-4/h11H,5-10H2,1-4H3. The summed E-state index contributed by atoms with van der Waals surface area (Å²) in [5.74, 6) is 1.18. The zero-order valence-electron chi connectivity index (χ0n) is 10.5. The first kappa shape index (κ1) is 15.2. The Morgan fingerprint density at radius 2 is 1.73 bits per heavy atom. The van der Waals surface area contributed by atoms with E-state index in [1.54, 1.807) is 0 Å². The first-order chi connectivity index (χ1) is 7.24. The van der Waals surface area contributed by atoms with Gasteiger partial charge in [-0.2, -0.15) is 11.8 Å². The molecule has 0 unspecified atom stereocenters. The fourth-order valence-corrected chi connectivity index (χ4v) is 1.77. The van der Waals surface area contributed by atoms with Gasteiger partial charge in [0.15, 0.2) is 6.29 Å². The highest BCUT2D eigenvalue weighted by Crippen LogP contribution is 2.03. The van der Waals surface area contributed by atoms with Crippen LogP contribution in [-0.2, 0) is 9.47 Å². The summed E-state index contributed by atoms with van der Waals surface area (Å²) in [6.07, 6.45) is 3.06. The summed E-state index contributed by atoms with van der Waals surface area (Å²) in [4.78, 5) is 2.32. The molecule has 15 heavy (non-hydrogen) atoms. The minimum Gasteiger partial charge on any atom is -0.353 e. The lowest BCUT2D eigenvalue weighted by Crippen LogP contribution is -2.28. The van der Waals surface area contributed by atoms with Crippen molar-refractivity contribution < 1.29 is 9.47 Å². The van der Waals surface area contributed by atoms with Crippen molar-refractivity contribution in [2.24, 2.45) is 0 Å². The summed E-state index contributed by atoms with van der Waals surface area (Å²) in [6.45, 7) is 7.61. The van der Waals surface area contributed by atoms with Gasteiger partial charge in [0.25, 0.3) is 0 Å². The molecule has 3 nitrogen and oxygen atoms in total. The molecular weight excluding hydrogens is 210 g/mol. The lowest BCUT2D eigenvalue weighted by Gasteiger charge is -2.21. The molecule has 0 N–H and O–H groups in total. The van der Waals surface area contributed by atoms with Gasteiger partial charge < -0.3 is 14.4 Å². The zero-order chi connectivity index (χ0) is 11.5. The number of rotatable bonds is 10. The van der Waals surface area contributed by atoms with Crippen LogP contribution in [0.15, 0.2) is 0 Å². The second-order valence-corrected chi connectivity index (χ2v) is 4.41. The normalized spacial score (nSPS) is 11.6. The second-order valence-electron chi connectivity index (χ2n) is 3.42. The van der Waals surface area contributed by atoms with Gasteiger partial charge in [0.1, 0.15) is 0 Å². The van der Waals surface area contributed by atoms with E-state index in [1.807, 2.05) is 25.6 Å². The Kier molecular flexibility index (Phi) is 10.9. The van der Waals surface area contributed by atoms with Gasteiger partial charge in [-0.3, -0.25) is 0 Å². The molecule has 0 amide bonds. The molecule has 0 aliphatic carbocycles. The SMILES string of the molecule is CCOC(CCN(C)CCSC)OCC. The molecule has 0 radical (unpaired) electrons. The Morgan fingerprint density at radius 1 is 1.13 bits per heavy atom. The topological polar surface area (TPSA) is 21.7 Å². The molecule has 0 aliphatic heterocycles. The van der Waals surface area contributed by atoms with Crippen molar-refractivity contribution in [2.75, 3.05) is 45.4 Å². The fourth-order valence-electron chi connectivity index (χ4n) is 1.27. The highest BCUT2D eigenvalue weighted by atomic mass is 32.2. The quantitative estimate of drug-likeness (QED) is 0.540. The van der Waals surface area contributed by atoms with Crippen LogP contribution in [0.1, 0.15) is 20.3 Å². The van der Waals surface area contributed by atoms with Crippen LogP contribution in [-0.4, -0.2) is 56.5 Å². The molecule has 0 atom stereocenters. The van der Waals surface area contributed by atoms with E-state index in [-0.39, 0.29) is 6.29 Å². The van der Waals surface area contributed by atoms with Crippen LogP contribution in [0.25, 0.3) is 0 Å². The maximum atomic E-state index is 5.48. The van der Waals surface area contributed by atoms with Crippen LogP contribution in [0.2, 0.25) is 0 Å². The van der Waals surface area contributed by atoms with Gasteiger partial charge in [-0.15, -0.1) is 0 Å². The van der Waals surface area contributed by atoms with Crippen LogP contribution < -0.4 is 0 Å². The van der Waals surface area contributed by atoms with Crippen molar-refractivity contribution in [3.8, 4) is 0 Å². The molecule has 92 valence electrons. The van der Waals surface area contributed by atoms with Crippen molar-refractivity contribution in [2.45, 2.75) is 26.6 Å². The predicted molar refractivity (Wildman–Crippen MR) is 67.5 cm³/mol. The zero-order valence-corrected chi connectivity index (χ0v) is 11.3. The molecule has 0 spiro atoms. The van der Waals surface area contributed by atoms with Gasteiger partial charge in [-0.1, -0.05) is 0 Å². The Hall–Kier alpha value is 0.230. The van der Waals surface area contributed by atoms with Crippen LogP contribution in [0.3, 0.4) is 0 Å². The van der Waals surface area contributed by atoms with Gasteiger partial charge in [-0.25, -0.2) is 0 Å². The highest BCUT2D eigenvalue weighted by molar-refractivity contribution is 7.98. The minimum atomic E-state index is -0.0308. The van der Waals surface area contributed by atoms with Crippen molar-refractivity contribution in [3.05, 3.63) is 0 Å². The van der Waals surface area contributed by atoms with E-state index in [0.29, 0.717) is 0 Å². The number of ether oxygens (including phenoxy) is 2. The van der Waals surface area contributed by atoms with Gasteiger partial charge in [-0.05, 0) is 27.2 Å². The maximum Gasteiger partial charge on any atom is 0.158 e. The van der Waals surface area contributed by atoms with Crippen LogP contribution >= 0.6 is 11.8 Å². The first-order valence-electron chi connectivity index (χ1n) is 5.65. The second kappa shape index (κ2) is 10.7. The third kappa shape index (κ3) is 9.18. The Labute approximate surface area is 98.5 Å². The fraction of sp³-hybridized carbons (Fsp3) is 1.00. The van der Waals surface area contributed by atoms with E-state index < -0.39 is 0 Å². The molecule has 0 fully saturated rings. The number of hydrogen-bond donors (Lipinski definition) is 0. The molecule has 4 heteroatoms. The molecule has 0 aromatic rings. The van der Waals surface area contributed by atoms with Crippen molar-refractivity contribution in [3.63, 3.8) is 0 Å². The largest absolute Gasteiger partial charge is 0.353 e. The minimum absolute atomic E-state index is 0.0308. The third-order valence-electron chi connectivity index (χ3n) is 2.13. The predicted octanol–water partition coefficient (Wildman–Crippen LogP) is 2.07. The summed E-state index contributed by atoms with van der Waals surface area (Å²) >= 11 is 1.88. The molecule has 0 rings (SSSR count). The Bertz CT molecular complexity index is 130. The summed E-state index contributed by atoms with van der Waals surface area (Å²) in [5.41, 5.74) is 0. The van der Waals surface area contributed by atoms with Crippen LogP contribution in [0.4, 0.5) is 0 Å². The summed E-state index contributed by atoms with van der Waals surface area (Å²) in [5, 5.41) is 0. The van der Waals surface area contributed by atoms with E-state index in [4.69, 9.17) is 9.47 Å². The van der Waals surface area contributed by atoms with Crippen molar-refractivity contribution in [1.29, 1.82) is 0 Å². The number of nitrogens with zero attached hydrogens (tertiary/aromatic N) is 1. The monoisotopic (exact) mass is 235 g/mol. The average molecular weight is 235 g/mol. The lowest BCUT2D eigenvalue weighted by atomic mass is 10.4. The number of hydrogen-bond acceptors (Lipinski definition) is 4. The molecular formula is C11H25NO2S. The Balaban J connectivity index is 3.57. The molecule has 0 aromatic heterocycles. The van der Waals surface area contributed by atoms with E-state index in [9.17, 15) is 0 Å². The van der Waals surface area contributed by atoms with Gasteiger partial charge >= 0.3 is 0 Å². The molecule has 0 saturated heterocycles. The van der Waals surface area contributed by atoms with E-state index in [1.165, 1.54) is 5.75 Å². The van der Waals surface area contributed by atoms with Crippen LogP contribution in [0, 0.1) is 0 Å². The lowest BCUT2D eigenvalue weighted by molar-refractivity contribution is -0.141.